The molecule has 0 radical (unpaired) electrons. The second-order valence-corrected chi connectivity index (χ2v) is 7.39. The Balaban J connectivity index is 0.00000420. The van der Waals surface area contributed by atoms with Crippen molar-refractivity contribution in [3.8, 4) is 17.2 Å². The van der Waals surface area contributed by atoms with Gasteiger partial charge in [-0.2, -0.15) is 0 Å². The molecule has 162 valence electrons. The summed E-state index contributed by atoms with van der Waals surface area (Å²) in [6.07, 6.45) is 1.85. The Morgan fingerprint density at radius 3 is 2.24 bits per heavy atom. The number of aryl methyl sites for hydroxylation is 2. The Hall–Kier alpha value is -1.75. The minimum Gasteiger partial charge on any atom is -0.493 e. The van der Waals surface area contributed by atoms with Gasteiger partial charge in [-0.05, 0) is 31.0 Å². The van der Waals surface area contributed by atoms with Crippen LogP contribution in [0.25, 0.3) is 0 Å². The molecular formula is C20H31IN4O3S. The minimum absolute atomic E-state index is 0. The molecule has 0 spiro atoms. The molecule has 9 heteroatoms. The number of benzene rings is 1. The van der Waals surface area contributed by atoms with E-state index in [0.29, 0.717) is 23.8 Å². The predicted molar refractivity (Wildman–Crippen MR) is 130 cm³/mol. The van der Waals surface area contributed by atoms with E-state index in [1.807, 2.05) is 12.1 Å². The van der Waals surface area contributed by atoms with Crippen LogP contribution in [-0.2, 0) is 19.4 Å². The number of nitrogens with one attached hydrogen (secondary N) is 2. The molecule has 1 aromatic heterocycles. The molecular weight excluding hydrogens is 503 g/mol. The zero-order valence-corrected chi connectivity index (χ0v) is 21.1. The lowest BCUT2D eigenvalue weighted by Gasteiger charge is -2.15. The van der Waals surface area contributed by atoms with Crippen molar-refractivity contribution < 1.29 is 14.2 Å². The van der Waals surface area contributed by atoms with Crippen molar-refractivity contribution >= 4 is 41.3 Å². The number of halogens is 1. The molecule has 0 fully saturated rings. The molecule has 29 heavy (non-hydrogen) atoms. The maximum Gasteiger partial charge on any atom is 0.203 e. The van der Waals surface area contributed by atoms with Crippen molar-refractivity contribution in [1.29, 1.82) is 0 Å². The third-order valence-corrected chi connectivity index (χ3v) is 5.38. The molecule has 0 aliphatic heterocycles. The maximum absolute atomic E-state index is 5.40. The highest BCUT2D eigenvalue weighted by atomic mass is 127. The smallest absolute Gasteiger partial charge is 0.203 e. The first-order valence-electron chi connectivity index (χ1n) is 9.24. The van der Waals surface area contributed by atoms with E-state index in [9.17, 15) is 0 Å². The van der Waals surface area contributed by atoms with E-state index in [-0.39, 0.29) is 24.0 Å². The van der Waals surface area contributed by atoms with Crippen LogP contribution in [0.15, 0.2) is 17.1 Å². The van der Waals surface area contributed by atoms with Crippen LogP contribution in [0.4, 0.5) is 0 Å². The monoisotopic (exact) mass is 534 g/mol. The van der Waals surface area contributed by atoms with Gasteiger partial charge in [0.1, 0.15) is 0 Å². The summed E-state index contributed by atoms with van der Waals surface area (Å²) < 4.78 is 16.2. The summed E-state index contributed by atoms with van der Waals surface area (Å²) in [5.74, 6) is 2.58. The van der Waals surface area contributed by atoms with Gasteiger partial charge in [0, 0.05) is 31.4 Å². The third-order valence-electron chi connectivity index (χ3n) is 4.31. The fourth-order valence-corrected chi connectivity index (χ4v) is 3.88. The van der Waals surface area contributed by atoms with Crippen molar-refractivity contribution in [2.24, 2.45) is 4.99 Å². The number of rotatable bonds is 9. The van der Waals surface area contributed by atoms with Gasteiger partial charge in [0.15, 0.2) is 17.5 Å². The number of nitrogens with zero attached hydrogens (tertiary/aromatic N) is 2. The molecule has 0 saturated carbocycles. The quantitative estimate of drug-likeness (QED) is 0.291. The molecule has 0 unspecified atom stereocenters. The number of hydrogen-bond acceptors (Lipinski definition) is 6. The number of aliphatic imine (C=N–C) groups is 1. The first-order chi connectivity index (χ1) is 13.6. The van der Waals surface area contributed by atoms with E-state index in [1.54, 1.807) is 39.7 Å². The van der Waals surface area contributed by atoms with Crippen molar-refractivity contribution in [2.75, 3.05) is 34.9 Å². The average Bonchev–Trinajstić information content (AvgIpc) is 3.08. The van der Waals surface area contributed by atoms with Gasteiger partial charge in [0.25, 0.3) is 0 Å². The van der Waals surface area contributed by atoms with Crippen molar-refractivity contribution in [2.45, 2.75) is 33.2 Å². The van der Waals surface area contributed by atoms with Crippen LogP contribution in [0, 0.1) is 6.92 Å². The van der Waals surface area contributed by atoms with E-state index in [2.05, 4.69) is 34.5 Å². The minimum atomic E-state index is 0. The number of ether oxygens (including phenoxy) is 3. The first kappa shape index (κ1) is 25.3. The Bertz CT molecular complexity index is 786. The average molecular weight is 534 g/mol. The Morgan fingerprint density at radius 2 is 1.76 bits per heavy atom. The summed E-state index contributed by atoms with van der Waals surface area (Å²) in [6.45, 7) is 5.61. The predicted octanol–water partition coefficient (Wildman–Crippen LogP) is 3.57. The summed E-state index contributed by atoms with van der Waals surface area (Å²) >= 11 is 1.77. The van der Waals surface area contributed by atoms with Crippen LogP contribution in [0.5, 0.6) is 17.2 Å². The molecule has 2 rings (SSSR count). The van der Waals surface area contributed by atoms with E-state index >= 15 is 0 Å². The van der Waals surface area contributed by atoms with Crippen molar-refractivity contribution in [3.05, 3.63) is 33.3 Å². The van der Waals surface area contributed by atoms with E-state index < -0.39 is 0 Å². The second-order valence-electron chi connectivity index (χ2n) is 6.10. The largest absolute Gasteiger partial charge is 0.493 e. The van der Waals surface area contributed by atoms with Crippen LogP contribution in [-0.4, -0.2) is 45.9 Å². The van der Waals surface area contributed by atoms with Gasteiger partial charge >= 0.3 is 0 Å². The zero-order valence-electron chi connectivity index (χ0n) is 17.9. The SMILES string of the molecule is CCc1nc(CCNC(=NC)NCc2cc(OC)c(OC)c(OC)c2)sc1C.I. The summed E-state index contributed by atoms with van der Waals surface area (Å²) in [6, 6.07) is 3.85. The molecule has 0 aliphatic carbocycles. The molecule has 7 nitrogen and oxygen atoms in total. The van der Waals surface area contributed by atoms with Gasteiger partial charge in [-0.15, -0.1) is 35.3 Å². The van der Waals surface area contributed by atoms with Gasteiger partial charge in [0.05, 0.1) is 32.0 Å². The number of thiazole rings is 1. The summed E-state index contributed by atoms with van der Waals surface area (Å²) in [7, 11) is 6.57. The molecule has 2 N–H and O–H groups in total. The molecule has 0 bridgehead atoms. The number of hydrogen-bond donors (Lipinski definition) is 2. The van der Waals surface area contributed by atoms with E-state index in [0.717, 1.165) is 35.9 Å². The normalized spacial score (nSPS) is 10.9. The first-order valence-corrected chi connectivity index (χ1v) is 10.1. The van der Waals surface area contributed by atoms with Gasteiger partial charge in [0.2, 0.25) is 5.75 Å². The number of aromatic nitrogens is 1. The second kappa shape index (κ2) is 12.7. The molecule has 0 aliphatic rings. The maximum atomic E-state index is 5.40. The van der Waals surface area contributed by atoms with Crippen molar-refractivity contribution in [1.82, 2.24) is 15.6 Å². The standard InChI is InChI=1S/C20H30N4O3S.HI/c1-7-15-13(2)28-18(24-15)8-9-22-20(21-3)23-12-14-10-16(25-4)19(27-6)17(11-14)26-5;/h10-11H,7-9,12H2,1-6H3,(H2,21,22,23);1H. The van der Waals surface area contributed by atoms with Gasteiger partial charge < -0.3 is 24.8 Å². The lowest BCUT2D eigenvalue weighted by atomic mass is 10.2. The fraction of sp³-hybridized carbons (Fsp3) is 0.500. The lowest BCUT2D eigenvalue weighted by molar-refractivity contribution is 0.323. The number of guanidine groups is 1. The Kier molecular flexibility index (Phi) is 11.1. The molecule has 2 aromatic rings. The van der Waals surface area contributed by atoms with Crippen LogP contribution >= 0.6 is 35.3 Å². The summed E-state index contributed by atoms with van der Waals surface area (Å²) in [4.78, 5) is 10.3. The van der Waals surface area contributed by atoms with Gasteiger partial charge in [-0.1, -0.05) is 6.92 Å². The third kappa shape index (κ3) is 6.91. The van der Waals surface area contributed by atoms with Crippen molar-refractivity contribution in [3.63, 3.8) is 0 Å². The molecule has 0 amide bonds. The number of methoxy groups -OCH3 is 3. The molecule has 1 heterocycles. The molecule has 0 saturated heterocycles. The fourth-order valence-electron chi connectivity index (χ4n) is 2.85. The highest BCUT2D eigenvalue weighted by molar-refractivity contribution is 14.0. The van der Waals surface area contributed by atoms with Crippen LogP contribution < -0.4 is 24.8 Å². The van der Waals surface area contributed by atoms with Gasteiger partial charge in [-0.3, -0.25) is 4.99 Å². The summed E-state index contributed by atoms with van der Waals surface area (Å²) in [5, 5.41) is 7.80. The van der Waals surface area contributed by atoms with E-state index in [4.69, 9.17) is 14.2 Å². The molecule has 0 atom stereocenters. The van der Waals surface area contributed by atoms with Gasteiger partial charge in [-0.25, -0.2) is 4.98 Å². The van der Waals surface area contributed by atoms with Crippen LogP contribution in [0.3, 0.4) is 0 Å². The highest BCUT2D eigenvalue weighted by Crippen LogP contribution is 2.38. The van der Waals surface area contributed by atoms with Crippen LogP contribution in [0.2, 0.25) is 0 Å². The van der Waals surface area contributed by atoms with E-state index in [1.165, 1.54) is 10.6 Å². The Labute approximate surface area is 194 Å². The zero-order chi connectivity index (χ0) is 20.5. The Morgan fingerprint density at radius 1 is 1.10 bits per heavy atom. The molecule has 1 aromatic carbocycles. The topological polar surface area (TPSA) is 77.0 Å². The summed E-state index contributed by atoms with van der Waals surface area (Å²) in [5.41, 5.74) is 2.20. The van der Waals surface area contributed by atoms with Crippen LogP contribution in [0.1, 0.15) is 28.1 Å². The highest BCUT2D eigenvalue weighted by Gasteiger charge is 2.13. The lowest BCUT2D eigenvalue weighted by Crippen LogP contribution is -2.37.